The van der Waals surface area contributed by atoms with Gasteiger partial charge in [-0.25, -0.2) is 0 Å². The van der Waals surface area contributed by atoms with Crippen LogP contribution < -0.4 is 5.32 Å². The molecule has 3 rings (SSSR count). The first-order valence-corrected chi connectivity index (χ1v) is 8.47. The lowest BCUT2D eigenvalue weighted by Crippen LogP contribution is -2.37. The van der Waals surface area contributed by atoms with Crippen molar-refractivity contribution in [1.29, 1.82) is 0 Å². The van der Waals surface area contributed by atoms with E-state index in [1.165, 1.54) is 37.4 Å². The highest BCUT2D eigenvalue weighted by Gasteiger charge is 2.39. The van der Waals surface area contributed by atoms with Crippen molar-refractivity contribution in [2.45, 2.75) is 74.3 Å². The molecule has 2 saturated heterocycles. The van der Waals surface area contributed by atoms with E-state index in [0.29, 0.717) is 18.5 Å². The SMILES string of the molecule is CC1NC2CCCCC2N1/N=C/C1CCC([N+](=O)[O-])S1. The molecule has 2 heterocycles. The van der Waals surface area contributed by atoms with Gasteiger partial charge >= 0.3 is 0 Å². The summed E-state index contributed by atoms with van der Waals surface area (Å²) in [6.45, 7) is 2.15. The predicted molar refractivity (Wildman–Crippen MR) is 80.4 cm³/mol. The average molecular weight is 298 g/mol. The molecule has 0 bridgehead atoms. The molecule has 3 fully saturated rings. The molecule has 5 unspecified atom stereocenters. The highest BCUT2D eigenvalue weighted by molar-refractivity contribution is 8.01. The largest absolute Gasteiger partial charge is 0.291 e. The van der Waals surface area contributed by atoms with Gasteiger partial charge in [0.15, 0.2) is 0 Å². The van der Waals surface area contributed by atoms with Crippen molar-refractivity contribution < 1.29 is 4.92 Å². The normalized spacial score (nSPS) is 41.2. The number of nitrogens with zero attached hydrogens (tertiary/aromatic N) is 3. The monoisotopic (exact) mass is 298 g/mol. The lowest BCUT2D eigenvalue weighted by molar-refractivity contribution is -0.494. The topological polar surface area (TPSA) is 70.8 Å². The molecule has 1 aliphatic carbocycles. The van der Waals surface area contributed by atoms with Crippen LogP contribution >= 0.6 is 11.8 Å². The Labute approximate surface area is 123 Å². The van der Waals surface area contributed by atoms with Gasteiger partial charge in [0.2, 0.25) is 0 Å². The molecular weight excluding hydrogens is 276 g/mol. The standard InChI is InChI=1S/C13H22N4O2S/c1-9-15-11-4-2-3-5-12(11)16(9)14-8-10-6-7-13(20-10)17(18)19/h8-13,15H,2-7H2,1H3/b14-8+. The van der Waals surface area contributed by atoms with Crippen LogP contribution in [-0.2, 0) is 0 Å². The molecule has 20 heavy (non-hydrogen) atoms. The Bertz CT molecular complexity index is 406. The highest BCUT2D eigenvalue weighted by atomic mass is 32.2. The van der Waals surface area contributed by atoms with Crippen molar-refractivity contribution in [2.24, 2.45) is 5.10 Å². The average Bonchev–Trinajstić information content (AvgIpc) is 3.00. The van der Waals surface area contributed by atoms with Crippen molar-refractivity contribution >= 4 is 18.0 Å². The maximum absolute atomic E-state index is 10.8. The van der Waals surface area contributed by atoms with Gasteiger partial charge in [0.1, 0.15) is 0 Å². The third kappa shape index (κ3) is 2.79. The van der Waals surface area contributed by atoms with Gasteiger partial charge in [-0.05, 0) is 26.2 Å². The molecule has 0 spiro atoms. The smallest absolute Gasteiger partial charge is 0.258 e. The van der Waals surface area contributed by atoms with Crippen molar-refractivity contribution in [1.82, 2.24) is 10.3 Å². The van der Waals surface area contributed by atoms with Gasteiger partial charge in [0.25, 0.3) is 5.37 Å². The van der Waals surface area contributed by atoms with E-state index in [-0.39, 0.29) is 16.3 Å². The van der Waals surface area contributed by atoms with Crippen molar-refractivity contribution in [2.75, 3.05) is 0 Å². The zero-order valence-corrected chi connectivity index (χ0v) is 12.6. The van der Waals surface area contributed by atoms with Crippen molar-refractivity contribution in [3.8, 4) is 0 Å². The summed E-state index contributed by atoms with van der Waals surface area (Å²) in [6, 6.07) is 1.08. The fraction of sp³-hybridized carbons (Fsp3) is 0.923. The zero-order valence-electron chi connectivity index (χ0n) is 11.8. The molecule has 1 saturated carbocycles. The second-order valence-electron chi connectivity index (χ2n) is 5.94. The first-order valence-electron chi connectivity index (χ1n) is 7.52. The van der Waals surface area contributed by atoms with Crippen LogP contribution in [0.3, 0.4) is 0 Å². The zero-order chi connectivity index (χ0) is 14.1. The summed E-state index contributed by atoms with van der Waals surface area (Å²) in [5.41, 5.74) is 0. The minimum absolute atomic E-state index is 0.171. The summed E-state index contributed by atoms with van der Waals surface area (Å²) in [4.78, 5) is 10.6. The third-order valence-electron chi connectivity index (χ3n) is 4.55. The van der Waals surface area contributed by atoms with Crippen LogP contribution in [-0.4, -0.2) is 45.0 Å². The first kappa shape index (κ1) is 14.1. The van der Waals surface area contributed by atoms with E-state index < -0.39 is 5.37 Å². The Hall–Kier alpha value is -0.820. The molecule has 2 aliphatic heterocycles. The summed E-state index contributed by atoms with van der Waals surface area (Å²) in [6.07, 6.45) is 8.76. The third-order valence-corrected chi connectivity index (χ3v) is 5.98. The summed E-state index contributed by atoms with van der Waals surface area (Å²) in [5.74, 6) is 0. The van der Waals surface area contributed by atoms with E-state index in [2.05, 4.69) is 22.4 Å². The minimum Gasteiger partial charge on any atom is -0.291 e. The van der Waals surface area contributed by atoms with E-state index in [9.17, 15) is 10.1 Å². The number of thioether (sulfide) groups is 1. The number of hydrogen-bond donors (Lipinski definition) is 1. The molecule has 5 atom stereocenters. The van der Waals surface area contributed by atoms with Crippen LogP contribution in [0, 0.1) is 10.1 Å². The quantitative estimate of drug-likeness (QED) is 0.490. The summed E-state index contributed by atoms with van der Waals surface area (Å²) in [5, 5.41) is 21.0. The first-order chi connectivity index (χ1) is 9.65. The molecule has 0 aromatic heterocycles. The van der Waals surface area contributed by atoms with Gasteiger partial charge in [-0.3, -0.25) is 20.4 Å². The van der Waals surface area contributed by atoms with Gasteiger partial charge in [0, 0.05) is 28.9 Å². The lowest BCUT2D eigenvalue weighted by Gasteiger charge is -2.29. The second kappa shape index (κ2) is 5.89. The predicted octanol–water partition coefficient (Wildman–Crippen LogP) is 2.03. The van der Waals surface area contributed by atoms with E-state index in [0.717, 1.165) is 6.42 Å². The Morgan fingerprint density at radius 1 is 1.35 bits per heavy atom. The number of nitro groups is 1. The number of hydrazone groups is 1. The molecule has 0 aromatic carbocycles. The Morgan fingerprint density at radius 2 is 2.15 bits per heavy atom. The molecule has 1 N–H and O–H groups in total. The maximum atomic E-state index is 10.8. The second-order valence-corrected chi connectivity index (χ2v) is 7.36. The molecule has 3 aliphatic rings. The number of fused-ring (bicyclic) bond motifs is 1. The van der Waals surface area contributed by atoms with Crippen LogP contribution in [0.2, 0.25) is 0 Å². The van der Waals surface area contributed by atoms with Gasteiger partial charge in [-0.15, -0.1) is 0 Å². The minimum atomic E-state index is -0.442. The van der Waals surface area contributed by atoms with E-state index in [1.54, 1.807) is 0 Å². The number of hydrogen-bond acceptors (Lipinski definition) is 6. The Kier molecular flexibility index (Phi) is 4.16. The van der Waals surface area contributed by atoms with Gasteiger partial charge in [-0.2, -0.15) is 5.10 Å². The van der Waals surface area contributed by atoms with E-state index in [4.69, 9.17) is 0 Å². The van der Waals surface area contributed by atoms with Gasteiger partial charge < -0.3 is 0 Å². The molecular formula is C13H22N4O2S. The molecule has 0 aromatic rings. The summed E-state index contributed by atoms with van der Waals surface area (Å²) >= 11 is 1.44. The van der Waals surface area contributed by atoms with Crippen LogP contribution in [0.1, 0.15) is 45.4 Å². The van der Waals surface area contributed by atoms with Gasteiger partial charge in [-0.1, -0.05) is 24.6 Å². The summed E-state index contributed by atoms with van der Waals surface area (Å²) in [7, 11) is 0. The van der Waals surface area contributed by atoms with Crippen LogP contribution in [0.4, 0.5) is 0 Å². The Balaban J connectivity index is 1.59. The van der Waals surface area contributed by atoms with Crippen LogP contribution in [0.15, 0.2) is 5.10 Å². The van der Waals surface area contributed by atoms with Crippen molar-refractivity contribution in [3.63, 3.8) is 0 Å². The van der Waals surface area contributed by atoms with Crippen molar-refractivity contribution in [3.05, 3.63) is 10.1 Å². The summed E-state index contributed by atoms with van der Waals surface area (Å²) < 4.78 is 0. The van der Waals surface area contributed by atoms with Crippen LogP contribution in [0.25, 0.3) is 0 Å². The fourth-order valence-corrected chi connectivity index (χ4v) is 4.71. The number of rotatable bonds is 3. The highest BCUT2D eigenvalue weighted by Crippen LogP contribution is 2.34. The fourth-order valence-electron chi connectivity index (χ4n) is 3.54. The molecule has 7 heteroatoms. The maximum Gasteiger partial charge on any atom is 0.258 e. The lowest BCUT2D eigenvalue weighted by atomic mass is 9.92. The molecule has 6 nitrogen and oxygen atoms in total. The molecule has 0 amide bonds. The molecule has 112 valence electrons. The van der Waals surface area contributed by atoms with Gasteiger partial charge in [0.05, 0.1) is 12.2 Å². The Morgan fingerprint density at radius 3 is 2.90 bits per heavy atom. The molecule has 0 radical (unpaired) electrons. The van der Waals surface area contributed by atoms with Crippen LogP contribution in [0.5, 0.6) is 0 Å². The van der Waals surface area contributed by atoms with E-state index >= 15 is 0 Å². The van der Waals surface area contributed by atoms with E-state index in [1.807, 2.05) is 6.21 Å². The number of nitrogens with one attached hydrogen (secondary N) is 1.